The Kier molecular flexibility index (Phi) is 2.20. The number of hydrogen-bond donors (Lipinski definition) is 0. The lowest BCUT2D eigenvalue weighted by Crippen LogP contribution is -1.95. The molecule has 0 amide bonds. The molecule has 0 bridgehead atoms. The van der Waals surface area contributed by atoms with Gasteiger partial charge in [0.2, 0.25) is 0 Å². The van der Waals surface area contributed by atoms with E-state index >= 15 is 0 Å². The minimum Gasteiger partial charge on any atom is -0.246 e. The molecule has 1 aliphatic rings. The summed E-state index contributed by atoms with van der Waals surface area (Å²) in [5, 5.41) is 0. The van der Waals surface area contributed by atoms with E-state index in [1.54, 1.807) is 0 Å². The van der Waals surface area contributed by atoms with E-state index in [0.29, 0.717) is 18.4 Å². The van der Waals surface area contributed by atoms with Crippen molar-refractivity contribution in [2.45, 2.75) is 19.8 Å². The van der Waals surface area contributed by atoms with Crippen molar-refractivity contribution in [2.75, 3.05) is 6.67 Å². The minimum atomic E-state index is -0.542. The van der Waals surface area contributed by atoms with E-state index in [1.807, 2.05) is 6.92 Å². The zero-order chi connectivity index (χ0) is 7.56. The molecule has 1 aliphatic carbocycles. The van der Waals surface area contributed by atoms with Crippen LogP contribution in [-0.4, -0.2) is 6.67 Å². The molecule has 0 spiro atoms. The number of halogens is 2. The number of allylic oxidation sites excluding steroid dienone is 4. The molecule has 0 radical (unpaired) electrons. The third-order valence-corrected chi connectivity index (χ3v) is 1.76. The van der Waals surface area contributed by atoms with Crippen LogP contribution in [0.2, 0.25) is 0 Å². The summed E-state index contributed by atoms with van der Waals surface area (Å²) in [5.41, 5.74) is 1.49. The van der Waals surface area contributed by atoms with Crippen LogP contribution in [0.3, 0.4) is 0 Å². The number of hydrogen-bond acceptors (Lipinski definition) is 0. The van der Waals surface area contributed by atoms with Gasteiger partial charge in [-0.05, 0) is 25.0 Å². The van der Waals surface area contributed by atoms with Crippen LogP contribution in [0, 0.1) is 0 Å². The summed E-state index contributed by atoms with van der Waals surface area (Å²) >= 11 is 0. The van der Waals surface area contributed by atoms with Gasteiger partial charge in [-0.25, -0.2) is 8.78 Å². The van der Waals surface area contributed by atoms with Crippen LogP contribution in [0.1, 0.15) is 19.8 Å². The van der Waals surface area contributed by atoms with E-state index in [-0.39, 0.29) is 5.83 Å². The van der Waals surface area contributed by atoms with E-state index in [0.717, 1.165) is 5.57 Å². The Morgan fingerprint density at radius 3 is 2.70 bits per heavy atom. The van der Waals surface area contributed by atoms with Crippen LogP contribution in [0.4, 0.5) is 8.78 Å². The maximum absolute atomic E-state index is 12.5. The summed E-state index contributed by atoms with van der Waals surface area (Å²) in [5.74, 6) is -0.196. The fraction of sp³-hybridized carbons (Fsp3) is 0.500. The molecule has 0 aromatic heterocycles. The first-order valence-corrected chi connectivity index (χ1v) is 3.34. The van der Waals surface area contributed by atoms with Gasteiger partial charge in [-0.3, -0.25) is 0 Å². The molecule has 0 atom stereocenters. The SMILES string of the molecule is CC1=C(CF)C=C(F)CC1. The van der Waals surface area contributed by atoms with Crippen molar-refractivity contribution in [3.05, 3.63) is 23.0 Å². The Bertz CT molecular complexity index is 189. The average Bonchev–Trinajstić information content (AvgIpc) is 1.94. The van der Waals surface area contributed by atoms with Crippen molar-refractivity contribution in [2.24, 2.45) is 0 Å². The second kappa shape index (κ2) is 2.95. The molecule has 0 unspecified atom stereocenters. The van der Waals surface area contributed by atoms with Gasteiger partial charge < -0.3 is 0 Å². The van der Waals surface area contributed by atoms with Gasteiger partial charge in [0.15, 0.2) is 0 Å². The van der Waals surface area contributed by atoms with Crippen LogP contribution in [0.15, 0.2) is 23.0 Å². The predicted octanol–water partition coefficient (Wildman–Crippen LogP) is 2.92. The van der Waals surface area contributed by atoms with Gasteiger partial charge in [0.25, 0.3) is 0 Å². The minimum absolute atomic E-state index is 0.196. The van der Waals surface area contributed by atoms with Gasteiger partial charge in [-0.15, -0.1) is 0 Å². The molecule has 0 aliphatic heterocycles. The van der Waals surface area contributed by atoms with E-state index in [2.05, 4.69) is 0 Å². The van der Waals surface area contributed by atoms with Crippen LogP contribution in [-0.2, 0) is 0 Å². The topological polar surface area (TPSA) is 0 Å². The Balaban J connectivity index is 2.82. The maximum atomic E-state index is 12.5. The normalized spacial score (nSPS) is 19.3. The standard InChI is InChI=1S/C8H10F2/c1-6-2-3-8(10)4-7(6)5-9/h4H,2-3,5H2,1H3. The second-order valence-electron chi connectivity index (χ2n) is 2.53. The molecule has 0 saturated heterocycles. The summed E-state index contributed by atoms with van der Waals surface area (Å²) in [7, 11) is 0. The molecule has 0 nitrogen and oxygen atoms in total. The van der Waals surface area contributed by atoms with E-state index < -0.39 is 6.67 Å². The lowest BCUT2D eigenvalue weighted by atomic mass is 9.99. The van der Waals surface area contributed by atoms with Crippen LogP contribution in [0.25, 0.3) is 0 Å². The van der Waals surface area contributed by atoms with Gasteiger partial charge in [0.05, 0.1) is 0 Å². The highest BCUT2D eigenvalue weighted by Crippen LogP contribution is 2.24. The fourth-order valence-electron chi connectivity index (χ4n) is 1.00. The Morgan fingerprint density at radius 2 is 2.20 bits per heavy atom. The molecule has 10 heavy (non-hydrogen) atoms. The van der Waals surface area contributed by atoms with Crippen molar-refractivity contribution in [1.29, 1.82) is 0 Å². The summed E-state index contributed by atoms with van der Waals surface area (Å²) in [6.07, 6.45) is 2.41. The predicted molar refractivity (Wildman–Crippen MR) is 37.1 cm³/mol. The van der Waals surface area contributed by atoms with Crippen LogP contribution >= 0.6 is 0 Å². The lowest BCUT2D eigenvalue weighted by Gasteiger charge is -2.10. The first-order valence-electron chi connectivity index (χ1n) is 3.34. The Labute approximate surface area is 59.2 Å². The van der Waals surface area contributed by atoms with Crippen molar-refractivity contribution >= 4 is 0 Å². The zero-order valence-corrected chi connectivity index (χ0v) is 5.95. The average molecular weight is 144 g/mol. The highest BCUT2D eigenvalue weighted by molar-refractivity contribution is 5.30. The summed E-state index contributed by atoms with van der Waals surface area (Å²) in [6.45, 7) is 1.30. The van der Waals surface area contributed by atoms with Crippen molar-refractivity contribution in [3.63, 3.8) is 0 Å². The quantitative estimate of drug-likeness (QED) is 0.530. The molecular formula is C8H10F2. The Morgan fingerprint density at radius 1 is 1.50 bits per heavy atom. The third kappa shape index (κ3) is 1.43. The van der Waals surface area contributed by atoms with Gasteiger partial charge in [-0.1, -0.05) is 5.57 Å². The summed E-state index contributed by atoms with van der Waals surface area (Å²) in [6, 6.07) is 0. The Hall–Kier alpha value is -0.660. The second-order valence-corrected chi connectivity index (χ2v) is 2.53. The largest absolute Gasteiger partial charge is 0.246 e. The zero-order valence-electron chi connectivity index (χ0n) is 5.95. The molecule has 0 N–H and O–H groups in total. The highest BCUT2D eigenvalue weighted by Gasteiger charge is 2.08. The summed E-state index contributed by atoms with van der Waals surface area (Å²) < 4.78 is 24.5. The number of rotatable bonds is 1. The van der Waals surface area contributed by atoms with E-state index in [9.17, 15) is 8.78 Å². The summed E-state index contributed by atoms with van der Waals surface area (Å²) in [4.78, 5) is 0. The molecule has 0 aromatic carbocycles. The fourth-order valence-corrected chi connectivity index (χ4v) is 1.00. The smallest absolute Gasteiger partial charge is 0.115 e. The monoisotopic (exact) mass is 144 g/mol. The molecular weight excluding hydrogens is 134 g/mol. The van der Waals surface area contributed by atoms with Crippen molar-refractivity contribution < 1.29 is 8.78 Å². The molecule has 0 saturated carbocycles. The molecule has 56 valence electrons. The van der Waals surface area contributed by atoms with E-state index in [4.69, 9.17) is 0 Å². The molecule has 0 aromatic rings. The van der Waals surface area contributed by atoms with Gasteiger partial charge in [0, 0.05) is 6.42 Å². The van der Waals surface area contributed by atoms with Crippen molar-refractivity contribution in [1.82, 2.24) is 0 Å². The highest BCUT2D eigenvalue weighted by atomic mass is 19.1. The molecule has 1 rings (SSSR count). The van der Waals surface area contributed by atoms with Crippen LogP contribution < -0.4 is 0 Å². The molecule has 2 heteroatoms. The first kappa shape index (κ1) is 7.45. The van der Waals surface area contributed by atoms with Gasteiger partial charge in [0.1, 0.15) is 12.5 Å². The molecule has 0 heterocycles. The third-order valence-electron chi connectivity index (χ3n) is 1.76. The molecule has 0 fully saturated rings. The van der Waals surface area contributed by atoms with E-state index in [1.165, 1.54) is 6.08 Å². The van der Waals surface area contributed by atoms with Crippen LogP contribution in [0.5, 0.6) is 0 Å². The number of alkyl halides is 1. The maximum Gasteiger partial charge on any atom is 0.115 e. The van der Waals surface area contributed by atoms with Crippen molar-refractivity contribution in [3.8, 4) is 0 Å². The lowest BCUT2D eigenvalue weighted by molar-refractivity contribution is 0.527. The first-order chi connectivity index (χ1) is 4.74. The van der Waals surface area contributed by atoms with Gasteiger partial charge in [-0.2, -0.15) is 0 Å². The van der Waals surface area contributed by atoms with Gasteiger partial charge >= 0.3 is 0 Å².